The Bertz CT molecular complexity index is 764. The predicted octanol–water partition coefficient (Wildman–Crippen LogP) is 4.31. The van der Waals surface area contributed by atoms with Crippen LogP contribution in [0.1, 0.15) is 12.0 Å². The van der Waals surface area contributed by atoms with Gasteiger partial charge < -0.3 is 10.2 Å². The van der Waals surface area contributed by atoms with E-state index in [9.17, 15) is 4.79 Å². The number of rotatable bonds is 6. The highest BCUT2D eigenvalue weighted by Crippen LogP contribution is 2.25. The van der Waals surface area contributed by atoms with Crippen LogP contribution in [0.25, 0.3) is 0 Å². The van der Waals surface area contributed by atoms with Crippen molar-refractivity contribution < 1.29 is 4.79 Å². The molecule has 0 bridgehead atoms. The molecule has 1 fully saturated rings. The molecule has 1 atom stereocenters. The van der Waals surface area contributed by atoms with E-state index in [1.165, 1.54) is 5.56 Å². The molecule has 1 heterocycles. The Morgan fingerprint density at radius 3 is 2.69 bits per heavy atom. The number of nitrogens with one attached hydrogen (secondary N) is 1. The summed E-state index contributed by atoms with van der Waals surface area (Å²) in [6, 6.07) is 17.7. The largest absolute Gasteiger partial charge is 0.350 e. The zero-order valence-electron chi connectivity index (χ0n) is 14.7. The van der Waals surface area contributed by atoms with Gasteiger partial charge in [0.05, 0.1) is 0 Å². The Hall–Kier alpha value is -1.98. The summed E-state index contributed by atoms with van der Waals surface area (Å²) in [6.45, 7) is 0.764. The van der Waals surface area contributed by atoms with Crippen molar-refractivity contribution >= 4 is 40.1 Å². The molecule has 0 saturated carbocycles. The van der Waals surface area contributed by atoms with E-state index in [1.807, 2.05) is 37.4 Å². The highest BCUT2D eigenvalue weighted by atomic mass is 35.5. The average molecular weight is 388 g/mol. The number of carbonyl (C=O) groups excluding carboxylic acids is 1. The number of carbonyl (C=O) groups is 1. The Balaban J connectivity index is 1.48. The SMILES string of the molecule is CN1C(=NCCc2ccccc2)SCC1CC(=O)Nc1ccc(Cl)cc1. The van der Waals surface area contributed by atoms with Crippen molar-refractivity contribution in [3.05, 3.63) is 65.2 Å². The number of amides is 1. The standard InChI is InChI=1S/C20H22ClN3OS/c1-24-18(13-19(25)23-17-9-7-16(21)8-10-17)14-26-20(24)22-12-11-15-5-3-2-4-6-15/h2-10,18H,11-14H2,1H3,(H,23,25). The van der Waals surface area contributed by atoms with Crippen LogP contribution in [0.15, 0.2) is 59.6 Å². The van der Waals surface area contributed by atoms with Gasteiger partial charge in [-0.15, -0.1) is 0 Å². The van der Waals surface area contributed by atoms with Crippen molar-refractivity contribution in [2.75, 3.05) is 24.7 Å². The lowest BCUT2D eigenvalue weighted by Gasteiger charge is -2.20. The maximum atomic E-state index is 12.3. The highest BCUT2D eigenvalue weighted by Gasteiger charge is 2.28. The Labute approximate surface area is 163 Å². The van der Waals surface area contributed by atoms with Crippen LogP contribution in [0.2, 0.25) is 5.02 Å². The first-order valence-electron chi connectivity index (χ1n) is 8.61. The second kappa shape index (κ2) is 9.10. The molecule has 1 aliphatic rings. The molecule has 0 aromatic heterocycles. The van der Waals surface area contributed by atoms with E-state index in [4.69, 9.17) is 16.6 Å². The second-order valence-corrected chi connectivity index (χ2v) is 7.66. The van der Waals surface area contributed by atoms with Gasteiger partial charge >= 0.3 is 0 Å². The van der Waals surface area contributed by atoms with Crippen LogP contribution in [0.5, 0.6) is 0 Å². The topological polar surface area (TPSA) is 44.7 Å². The number of halogens is 1. The number of aliphatic imine (C=N–C) groups is 1. The van der Waals surface area contributed by atoms with Crippen LogP contribution in [0.4, 0.5) is 5.69 Å². The van der Waals surface area contributed by atoms with E-state index in [-0.39, 0.29) is 11.9 Å². The van der Waals surface area contributed by atoms with Crippen LogP contribution in [-0.4, -0.2) is 41.4 Å². The fourth-order valence-electron chi connectivity index (χ4n) is 2.78. The lowest BCUT2D eigenvalue weighted by atomic mass is 10.2. The Morgan fingerprint density at radius 1 is 1.23 bits per heavy atom. The van der Waals surface area contributed by atoms with Gasteiger partial charge in [-0.05, 0) is 36.2 Å². The third-order valence-electron chi connectivity index (χ3n) is 4.29. The molecule has 1 N–H and O–H groups in total. The third kappa shape index (κ3) is 5.26. The van der Waals surface area contributed by atoms with Crippen LogP contribution in [-0.2, 0) is 11.2 Å². The predicted molar refractivity (Wildman–Crippen MR) is 111 cm³/mol. The maximum Gasteiger partial charge on any atom is 0.226 e. The normalized spacial score (nSPS) is 18.3. The molecule has 1 saturated heterocycles. The van der Waals surface area contributed by atoms with Crippen LogP contribution >= 0.6 is 23.4 Å². The molecule has 26 heavy (non-hydrogen) atoms. The third-order valence-corrected chi connectivity index (χ3v) is 5.77. The van der Waals surface area contributed by atoms with Gasteiger partial charge in [0.15, 0.2) is 5.17 Å². The van der Waals surface area contributed by atoms with Crippen molar-refractivity contribution in [2.45, 2.75) is 18.9 Å². The van der Waals surface area contributed by atoms with Gasteiger partial charge in [-0.25, -0.2) is 0 Å². The summed E-state index contributed by atoms with van der Waals surface area (Å²) in [4.78, 5) is 19.1. The van der Waals surface area contributed by atoms with Crippen molar-refractivity contribution in [1.29, 1.82) is 0 Å². The summed E-state index contributed by atoms with van der Waals surface area (Å²) >= 11 is 7.59. The summed E-state index contributed by atoms with van der Waals surface area (Å²) < 4.78 is 0. The molecule has 1 aliphatic heterocycles. The average Bonchev–Trinajstić information content (AvgIpc) is 2.98. The summed E-state index contributed by atoms with van der Waals surface area (Å²) in [5.74, 6) is 0.893. The van der Waals surface area contributed by atoms with E-state index in [2.05, 4.69) is 22.3 Å². The number of nitrogens with zero attached hydrogens (tertiary/aromatic N) is 2. The smallest absolute Gasteiger partial charge is 0.226 e. The highest BCUT2D eigenvalue weighted by molar-refractivity contribution is 8.14. The van der Waals surface area contributed by atoms with Gasteiger partial charge in [0.25, 0.3) is 0 Å². The van der Waals surface area contributed by atoms with E-state index in [1.54, 1.807) is 23.9 Å². The number of amidine groups is 1. The van der Waals surface area contributed by atoms with E-state index in [0.29, 0.717) is 11.4 Å². The van der Waals surface area contributed by atoms with Gasteiger partial charge in [-0.3, -0.25) is 9.79 Å². The zero-order valence-corrected chi connectivity index (χ0v) is 16.3. The number of thioether (sulfide) groups is 1. The molecular weight excluding hydrogens is 366 g/mol. The quantitative estimate of drug-likeness (QED) is 0.803. The van der Waals surface area contributed by atoms with Crippen molar-refractivity contribution in [3.8, 4) is 0 Å². The van der Waals surface area contributed by atoms with E-state index >= 15 is 0 Å². The lowest BCUT2D eigenvalue weighted by molar-refractivity contribution is -0.116. The summed E-state index contributed by atoms with van der Waals surface area (Å²) in [6.07, 6.45) is 1.38. The molecule has 6 heteroatoms. The fraction of sp³-hybridized carbons (Fsp3) is 0.300. The van der Waals surface area contributed by atoms with Gasteiger partial charge in [0.1, 0.15) is 0 Å². The molecular formula is C20H22ClN3OS. The Morgan fingerprint density at radius 2 is 1.96 bits per heavy atom. The minimum absolute atomic E-state index is 0.00954. The first kappa shape index (κ1) is 18.8. The maximum absolute atomic E-state index is 12.3. The molecule has 3 rings (SSSR count). The molecule has 0 radical (unpaired) electrons. The first-order chi connectivity index (χ1) is 12.6. The van der Waals surface area contributed by atoms with E-state index in [0.717, 1.165) is 29.6 Å². The zero-order chi connectivity index (χ0) is 18.4. The molecule has 1 unspecified atom stereocenters. The summed E-state index contributed by atoms with van der Waals surface area (Å²) in [5.41, 5.74) is 2.06. The molecule has 1 amide bonds. The Kier molecular flexibility index (Phi) is 6.58. The van der Waals surface area contributed by atoms with Gasteiger partial charge in [-0.2, -0.15) is 0 Å². The molecule has 2 aromatic carbocycles. The first-order valence-corrected chi connectivity index (χ1v) is 9.97. The van der Waals surface area contributed by atoms with Gasteiger partial charge in [0.2, 0.25) is 5.91 Å². The van der Waals surface area contributed by atoms with Crippen LogP contribution in [0.3, 0.4) is 0 Å². The van der Waals surface area contributed by atoms with Gasteiger partial charge in [-0.1, -0.05) is 53.7 Å². The summed E-state index contributed by atoms with van der Waals surface area (Å²) in [5, 5.41) is 4.60. The van der Waals surface area contributed by atoms with Crippen molar-refractivity contribution in [1.82, 2.24) is 4.90 Å². The number of anilines is 1. The molecule has 0 spiro atoms. The van der Waals surface area contributed by atoms with Crippen molar-refractivity contribution in [3.63, 3.8) is 0 Å². The molecule has 4 nitrogen and oxygen atoms in total. The van der Waals surface area contributed by atoms with Crippen molar-refractivity contribution in [2.24, 2.45) is 4.99 Å². The van der Waals surface area contributed by atoms with E-state index < -0.39 is 0 Å². The molecule has 2 aromatic rings. The number of hydrogen-bond donors (Lipinski definition) is 1. The minimum Gasteiger partial charge on any atom is -0.350 e. The minimum atomic E-state index is 0.00954. The lowest BCUT2D eigenvalue weighted by Crippen LogP contribution is -2.33. The molecule has 136 valence electrons. The number of hydrogen-bond acceptors (Lipinski definition) is 3. The van der Waals surface area contributed by atoms with Crippen LogP contribution < -0.4 is 5.32 Å². The van der Waals surface area contributed by atoms with Crippen LogP contribution in [0, 0.1) is 0 Å². The monoisotopic (exact) mass is 387 g/mol. The second-order valence-electron chi connectivity index (χ2n) is 6.23. The summed E-state index contributed by atoms with van der Waals surface area (Å²) in [7, 11) is 2.02. The number of benzene rings is 2. The fourth-order valence-corrected chi connectivity index (χ4v) is 4.12. The van der Waals surface area contributed by atoms with Gasteiger partial charge in [0, 0.05) is 42.5 Å². The molecule has 0 aliphatic carbocycles.